The van der Waals surface area contributed by atoms with Gasteiger partial charge >= 0.3 is 18.1 Å². The van der Waals surface area contributed by atoms with Crippen LogP contribution in [0.25, 0.3) is 22.5 Å². The van der Waals surface area contributed by atoms with Crippen LogP contribution in [0.1, 0.15) is 151 Å². The molecule has 2 saturated carbocycles. The third-order valence-corrected chi connectivity index (χ3v) is 17.7. The Morgan fingerprint density at radius 3 is 1.40 bits per heavy atom. The molecule has 24 heteroatoms. The second-order valence-electron chi connectivity index (χ2n) is 26.9. The first-order chi connectivity index (χ1) is 43.4. The molecule has 4 aliphatic rings. The molecule has 504 valence electrons. The van der Waals surface area contributed by atoms with E-state index < -0.39 is 46.1 Å². The molecule has 2 aliphatic carbocycles. The molecule has 2 saturated heterocycles. The van der Waals surface area contributed by atoms with E-state index in [1.165, 1.54) is 0 Å². The van der Waals surface area contributed by atoms with Crippen LogP contribution >= 0.6 is 23.2 Å². The van der Waals surface area contributed by atoms with Gasteiger partial charge in [-0.3, -0.25) is 14.8 Å². The van der Waals surface area contributed by atoms with E-state index in [4.69, 9.17) is 61.6 Å². The number of aromatic nitrogens is 4. The number of carboxylic acids is 1. The quantitative estimate of drug-likeness (QED) is 0.0322. The van der Waals surface area contributed by atoms with Gasteiger partial charge in [0.25, 0.3) is 0 Å². The van der Waals surface area contributed by atoms with Crippen LogP contribution in [-0.4, -0.2) is 143 Å². The number of rotatable bonds is 24. The molecule has 8 rings (SSSR count). The topological polar surface area (TPSA) is 265 Å². The lowest BCUT2D eigenvalue weighted by molar-refractivity contribution is -0.180. The summed E-state index contributed by atoms with van der Waals surface area (Å²) in [6.07, 6.45) is 11.1. The van der Waals surface area contributed by atoms with Gasteiger partial charge in [-0.1, -0.05) is 35.3 Å². The van der Waals surface area contributed by atoms with E-state index in [1.54, 1.807) is 40.1 Å². The van der Waals surface area contributed by atoms with Crippen LogP contribution in [0.4, 0.5) is 24.8 Å². The van der Waals surface area contributed by atoms with Gasteiger partial charge in [0.2, 0.25) is 6.29 Å². The Labute approximate surface area is 550 Å². The van der Waals surface area contributed by atoms with Crippen molar-refractivity contribution in [1.82, 2.24) is 30.6 Å². The summed E-state index contributed by atoms with van der Waals surface area (Å²) in [5, 5.41) is 44.0. The average molecular weight is 1320 g/mol. The fourth-order valence-corrected chi connectivity index (χ4v) is 11.8. The highest BCUT2D eigenvalue weighted by Gasteiger charge is 2.37. The summed E-state index contributed by atoms with van der Waals surface area (Å²) in [5.41, 5.74) is 1.71. The number of aliphatic carboxylic acids is 1. The van der Waals surface area contributed by atoms with Gasteiger partial charge in [-0.15, -0.1) is 0 Å². The van der Waals surface area contributed by atoms with Crippen molar-refractivity contribution < 1.29 is 56.3 Å². The zero-order valence-electron chi connectivity index (χ0n) is 54.7. The fraction of sp³-hybridized carbons (Fsp3) is 0.632. The van der Waals surface area contributed by atoms with Crippen molar-refractivity contribution in [2.75, 3.05) is 63.4 Å². The normalized spacial score (nSPS) is 20.6. The molecule has 5 N–H and O–H groups in total. The number of carbonyl (C=O) groups is 3. The highest BCUT2D eigenvalue weighted by atomic mass is 35.5. The Bertz CT molecular complexity index is 3110. The second kappa shape index (κ2) is 34.4. The third-order valence-electron chi connectivity index (χ3n) is 17.1. The van der Waals surface area contributed by atoms with Crippen molar-refractivity contribution in [3.05, 3.63) is 82.4 Å². The number of halogens is 5. The van der Waals surface area contributed by atoms with E-state index in [0.29, 0.717) is 99.5 Å². The highest BCUT2D eigenvalue weighted by Crippen LogP contribution is 2.36. The van der Waals surface area contributed by atoms with E-state index in [0.717, 1.165) is 123 Å². The Kier molecular flexibility index (Phi) is 28.0. The molecule has 0 radical (unpaired) electrons. The molecule has 0 spiro atoms. The molecule has 6 heterocycles. The summed E-state index contributed by atoms with van der Waals surface area (Å²) in [4.78, 5) is 51.4. The van der Waals surface area contributed by atoms with E-state index >= 15 is 0 Å². The van der Waals surface area contributed by atoms with Crippen molar-refractivity contribution in [1.29, 1.82) is 10.5 Å². The van der Waals surface area contributed by atoms with E-state index in [1.807, 2.05) is 64.1 Å². The SMILES string of the molecule is C[C@H](COC(C)(C)C(=O)O)NC1CCC(Cc2cc(-c3cccc(NCC4(C#N)CCOCC4)n3)c(Cl)cn2)CC1.C[C@H](COC(C)(C)C(=O)OC(C)(C)C)NC1CCC(Cc2cc(-c3cccc(NCC4(C#N)CCOCC4)n3)c(Cl)cn2)CC1.O=CC(F)(F)F. The van der Waals surface area contributed by atoms with Crippen LogP contribution in [0.5, 0.6) is 0 Å². The minimum Gasteiger partial charge on any atom is -0.479 e. The summed E-state index contributed by atoms with van der Waals surface area (Å²) in [6.45, 7) is 20.7. The van der Waals surface area contributed by atoms with Crippen LogP contribution < -0.4 is 21.3 Å². The predicted molar refractivity (Wildman–Crippen MR) is 348 cm³/mol. The number of pyridine rings is 4. The standard InChI is InChI=1S/C35H50ClN5O4.C31H42ClN5O4.C2HF3O/c1-24(21-44-34(5,6)32(42)45-33(2,3)4)40-26-12-10-25(11-13-26)18-27-19-28(29(36)20-38-27)30-8-7-9-31(41-30)39-23-35(22-37)14-16-43-17-15-35;1-21(18-41-30(2,3)29(38)39)36-23-9-7-22(8-10-23)15-24-16-25(26(32)17-34-24)27-5-4-6-28(37-27)35-20-31(19-33)11-13-40-14-12-31;3-2(4,5)1-6/h7-9,19-20,24-26,40H,10-18,21,23H2,1-6H3,(H,39,41);4-6,16-17,21-23,36H,7-15,18,20H2,1-3H3,(H,35,37)(H,38,39);1H/t24-,25?,26?;21-,22?,23?;/m11./s1. The zero-order chi connectivity index (χ0) is 67.3. The van der Waals surface area contributed by atoms with Crippen molar-refractivity contribution in [2.45, 2.75) is 199 Å². The third kappa shape index (κ3) is 24.4. The number of hydrogen-bond acceptors (Lipinski definition) is 18. The minimum atomic E-state index is -4.64. The molecule has 0 amide bonds. The number of nitriles is 2. The number of nitrogens with zero attached hydrogens (tertiary/aromatic N) is 6. The second-order valence-corrected chi connectivity index (χ2v) is 27.7. The van der Waals surface area contributed by atoms with Crippen LogP contribution in [0, 0.1) is 45.3 Å². The van der Waals surface area contributed by atoms with Gasteiger partial charge in [0.05, 0.1) is 57.6 Å². The summed E-state index contributed by atoms with van der Waals surface area (Å²) in [7, 11) is 0. The van der Waals surface area contributed by atoms with E-state index in [9.17, 15) is 38.4 Å². The monoisotopic (exact) mass is 1320 g/mol. The van der Waals surface area contributed by atoms with Gasteiger partial charge in [-0.2, -0.15) is 23.7 Å². The van der Waals surface area contributed by atoms with Crippen LogP contribution in [0.3, 0.4) is 0 Å². The first kappa shape index (κ1) is 75.0. The summed E-state index contributed by atoms with van der Waals surface area (Å²) in [6, 6.07) is 21.8. The van der Waals surface area contributed by atoms with Crippen LogP contribution in [-0.2, 0) is 50.9 Å². The molecule has 4 aromatic rings. The number of esters is 1. The first-order valence-corrected chi connectivity index (χ1v) is 32.7. The van der Waals surface area contributed by atoms with Gasteiger partial charge in [0.15, 0.2) is 11.2 Å². The molecular formula is C68H93Cl2F3N10O9. The van der Waals surface area contributed by atoms with Gasteiger partial charge in [0.1, 0.15) is 17.2 Å². The summed E-state index contributed by atoms with van der Waals surface area (Å²) < 4.78 is 59.2. The number of anilines is 2. The lowest BCUT2D eigenvalue weighted by atomic mass is 9.82. The maximum Gasteiger partial charge on any atom is 0.446 e. The van der Waals surface area contributed by atoms with Crippen molar-refractivity contribution >= 4 is 53.1 Å². The van der Waals surface area contributed by atoms with E-state index in [-0.39, 0.29) is 18.1 Å². The fourth-order valence-electron chi connectivity index (χ4n) is 11.4. The Balaban J connectivity index is 0.000000269. The molecule has 2 atom stereocenters. The smallest absolute Gasteiger partial charge is 0.446 e. The molecule has 92 heavy (non-hydrogen) atoms. The van der Waals surface area contributed by atoms with Gasteiger partial charge in [-0.25, -0.2) is 19.6 Å². The summed E-state index contributed by atoms with van der Waals surface area (Å²) in [5.74, 6) is 1.22. The number of ether oxygens (including phenoxy) is 5. The molecule has 0 unspecified atom stereocenters. The van der Waals surface area contributed by atoms with Crippen LogP contribution in [0.2, 0.25) is 10.0 Å². The highest BCUT2D eigenvalue weighted by molar-refractivity contribution is 6.33. The minimum absolute atomic E-state index is 0.0792. The van der Waals surface area contributed by atoms with Crippen LogP contribution in [0.15, 0.2) is 60.9 Å². The molecule has 0 bridgehead atoms. The number of carboxylic acid groups (broad SMARTS) is 1. The van der Waals surface area contributed by atoms with Gasteiger partial charge in [-0.05, 0) is 200 Å². The van der Waals surface area contributed by atoms with E-state index in [2.05, 4.69) is 62.4 Å². The Morgan fingerprint density at radius 1 is 0.674 bits per heavy atom. The number of alkyl halides is 3. The lowest BCUT2D eigenvalue weighted by Gasteiger charge is -2.33. The van der Waals surface area contributed by atoms with Crippen molar-refractivity contribution in [3.8, 4) is 34.7 Å². The average Bonchev–Trinajstić information content (AvgIpc) is 1.02. The predicted octanol–water partition coefficient (Wildman–Crippen LogP) is 13.0. The number of aldehydes is 1. The maximum absolute atomic E-state index is 12.5. The largest absolute Gasteiger partial charge is 0.479 e. The molecule has 4 fully saturated rings. The Hall–Kier alpha value is -6.08. The molecular weight excluding hydrogens is 1230 g/mol. The number of nitrogens with one attached hydrogen (secondary N) is 4. The lowest BCUT2D eigenvalue weighted by Crippen LogP contribution is -2.46. The van der Waals surface area contributed by atoms with Gasteiger partial charge < -0.3 is 50.1 Å². The molecule has 4 aromatic heterocycles. The summed E-state index contributed by atoms with van der Waals surface area (Å²) >= 11 is 13.2. The zero-order valence-corrected chi connectivity index (χ0v) is 56.2. The number of hydrogen-bond donors (Lipinski definition) is 5. The number of carbonyl (C=O) groups excluding carboxylic acids is 2. The molecule has 0 aromatic carbocycles. The molecule has 19 nitrogen and oxygen atoms in total. The van der Waals surface area contributed by atoms with Crippen molar-refractivity contribution in [3.63, 3.8) is 0 Å². The van der Waals surface area contributed by atoms with Gasteiger partial charge in [0, 0.05) is 98.6 Å². The molecule has 2 aliphatic heterocycles. The Morgan fingerprint density at radius 2 is 1.05 bits per heavy atom. The first-order valence-electron chi connectivity index (χ1n) is 31.9. The van der Waals surface area contributed by atoms with Crippen molar-refractivity contribution in [2.24, 2.45) is 22.7 Å². The maximum atomic E-state index is 12.5.